The summed E-state index contributed by atoms with van der Waals surface area (Å²) in [4.78, 5) is 11.1. The van der Waals surface area contributed by atoms with E-state index in [2.05, 4.69) is 0 Å². The molecule has 2 atom stereocenters. The Morgan fingerprint density at radius 2 is 1.83 bits per heavy atom. The van der Waals surface area contributed by atoms with E-state index in [1.54, 1.807) is 33.1 Å². The van der Waals surface area contributed by atoms with Crippen molar-refractivity contribution in [2.24, 2.45) is 5.92 Å². The Morgan fingerprint density at radius 3 is 2.47 bits per heavy atom. The Morgan fingerprint density at radius 1 is 1.17 bits per heavy atom. The molecule has 3 rings (SSSR count). The molecule has 2 aromatic carbocycles. The molecule has 0 fully saturated rings. The summed E-state index contributed by atoms with van der Waals surface area (Å²) in [5.74, 6) is -0.443. The minimum absolute atomic E-state index is 0.0459. The molecule has 0 heterocycles. The standard InChI is InChI=1S/C23H28O6S/c1-15-10-19(28-3)11-16(2)23(15)30(26,27)21-12-17(13-29-14-22(24)25)8-9-18-6-4-5-7-20(18)21/h4-7,10-11,17,21H,8-9,12-14H2,1-3H3,(H,24,25). The highest BCUT2D eigenvalue weighted by atomic mass is 32.2. The van der Waals surface area contributed by atoms with Crippen LogP contribution < -0.4 is 4.74 Å². The van der Waals surface area contributed by atoms with Crippen LogP contribution in [0.5, 0.6) is 5.75 Å². The molecule has 0 radical (unpaired) electrons. The van der Waals surface area contributed by atoms with E-state index in [0.29, 0.717) is 28.2 Å². The average molecular weight is 433 g/mol. The van der Waals surface area contributed by atoms with Crippen molar-refractivity contribution in [3.63, 3.8) is 0 Å². The smallest absolute Gasteiger partial charge is 0.329 e. The van der Waals surface area contributed by atoms with Gasteiger partial charge in [0, 0.05) is 0 Å². The van der Waals surface area contributed by atoms with Crippen LogP contribution in [0, 0.1) is 19.8 Å². The monoisotopic (exact) mass is 432 g/mol. The second kappa shape index (κ2) is 9.18. The second-order valence-corrected chi connectivity index (χ2v) is 9.94. The molecular weight excluding hydrogens is 404 g/mol. The van der Waals surface area contributed by atoms with Crippen molar-refractivity contribution in [3.8, 4) is 5.75 Å². The minimum Gasteiger partial charge on any atom is -0.497 e. The molecule has 1 aliphatic carbocycles. The molecule has 1 aliphatic rings. The third-order valence-corrected chi connectivity index (χ3v) is 8.09. The van der Waals surface area contributed by atoms with Crippen LogP contribution in [-0.2, 0) is 25.8 Å². The lowest BCUT2D eigenvalue weighted by atomic mass is 10.0. The van der Waals surface area contributed by atoms with Crippen LogP contribution in [0.25, 0.3) is 0 Å². The zero-order chi connectivity index (χ0) is 21.9. The van der Waals surface area contributed by atoms with Gasteiger partial charge in [0.15, 0.2) is 9.84 Å². The van der Waals surface area contributed by atoms with Crippen molar-refractivity contribution in [1.82, 2.24) is 0 Å². The average Bonchev–Trinajstić information content (AvgIpc) is 2.87. The Balaban J connectivity index is 2.02. The molecule has 30 heavy (non-hydrogen) atoms. The number of aryl methyl sites for hydroxylation is 3. The molecule has 0 saturated carbocycles. The third kappa shape index (κ3) is 4.68. The van der Waals surface area contributed by atoms with E-state index in [1.165, 1.54) is 0 Å². The Labute approximate surface area is 177 Å². The molecule has 2 aromatic rings. The predicted molar refractivity (Wildman–Crippen MR) is 114 cm³/mol. The van der Waals surface area contributed by atoms with Crippen LogP contribution in [0.4, 0.5) is 0 Å². The summed E-state index contributed by atoms with van der Waals surface area (Å²) < 4.78 is 38.4. The van der Waals surface area contributed by atoms with Gasteiger partial charge in [0.1, 0.15) is 12.4 Å². The van der Waals surface area contributed by atoms with Gasteiger partial charge in [0.25, 0.3) is 0 Å². The van der Waals surface area contributed by atoms with E-state index < -0.39 is 21.1 Å². The molecule has 0 bridgehead atoms. The van der Waals surface area contributed by atoms with Crippen molar-refractivity contribution < 1.29 is 27.8 Å². The van der Waals surface area contributed by atoms with Gasteiger partial charge in [-0.3, -0.25) is 0 Å². The van der Waals surface area contributed by atoms with E-state index in [4.69, 9.17) is 14.6 Å². The van der Waals surface area contributed by atoms with Crippen LogP contribution in [0.3, 0.4) is 0 Å². The maximum Gasteiger partial charge on any atom is 0.329 e. The summed E-state index contributed by atoms with van der Waals surface area (Å²) in [5, 5.41) is 8.14. The van der Waals surface area contributed by atoms with Crippen LogP contribution in [0.15, 0.2) is 41.3 Å². The lowest BCUT2D eigenvalue weighted by Gasteiger charge is -2.24. The first-order valence-corrected chi connectivity index (χ1v) is 11.5. The molecule has 0 spiro atoms. The highest BCUT2D eigenvalue weighted by molar-refractivity contribution is 7.91. The zero-order valence-electron chi connectivity index (χ0n) is 17.6. The van der Waals surface area contributed by atoms with Crippen molar-refractivity contribution >= 4 is 15.8 Å². The molecule has 0 aliphatic heterocycles. The first kappa shape index (κ1) is 22.3. The van der Waals surface area contributed by atoms with E-state index in [1.807, 2.05) is 24.3 Å². The number of ether oxygens (including phenoxy) is 2. The highest BCUT2D eigenvalue weighted by Gasteiger charge is 2.36. The summed E-state index contributed by atoms with van der Waals surface area (Å²) >= 11 is 0. The summed E-state index contributed by atoms with van der Waals surface area (Å²) in [6.07, 6.45) is 1.89. The molecular formula is C23H28O6S. The van der Waals surface area contributed by atoms with Crippen LogP contribution in [0.2, 0.25) is 0 Å². The highest BCUT2D eigenvalue weighted by Crippen LogP contribution is 2.42. The van der Waals surface area contributed by atoms with Crippen LogP contribution in [-0.4, -0.2) is 39.8 Å². The van der Waals surface area contributed by atoms with Gasteiger partial charge < -0.3 is 14.6 Å². The molecule has 1 N–H and O–H groups in total. The number of sulfone groups is 1. The molecule has 7 heteroatoms. The van der Waals surface area contributed by atoms with Crippen LogP contribution in [0.1, 0.15) is 40.3 Å². The van der Waals surface area contributed by atoms with E-state index in [-0.39, 0.29) is 19.1 Å². The van der Waals surface area contributed by atoms with Crippen molar-refractivity contribution in [1.29, 1.82) is 0 Å². The van der Waals surface area contributed by atoms with Crippen molar-refractivity contribution in [3.05, 3.63) is 58.7 Å². The van der Waals surface area contributed by atoms with E-state index in [0.717, 1.165) is 24.0 Å². The molecule has 2 unspecified atom stereocenters. The van der Waals surface area contributed by atoms with Gasteiger partial charge in [-0.2, -0.15) is 0 Å². The van der Waals surface area contributed by atoms with E-state index >= 15 is 0 Å². The lowest BCUT2D eigenvalue weighted by molar-refractivity contribution is -0.142. The van der Waals surface area contributed by atoms with E-state index in [9.17, 15) is 13.2 Å². The maximum absolute atomic E-state index is 13.9. The maximum atomic E-state index is 13.9. The largest absolute Gasteiger partial charge is 0.497 e. The molecule has 0 saturated heterocycles. The van der Waals surface area contributed by atoms with Gasteiger partial charge in [-0.05, 0) is 73.4 Å². The van der Waals surface area contributed by atoms with Gasteiger partial charge >= 0.3 is 5.97 Å². The van der Waals surface area contributed by atoms with Crippen molar-refractivity contribution in [2.75, 3.05) is 20.3 Å². The number of aliphatic carboxylic acids is 1. The lowest BCUT2D eigenvalue weighted by Crippen LogP contribution is -2.21. The predicted octanol–water partition coefficient (Wildman–Crippen LogP) is 3.88. The molecule has 6 nitrogen and oxygen atoms in total. The fourth-order valence-electron chi connectivity index (χ4n) is 4.36. The van der Waals surface area contributed by atoms with Gasteiger partial charge in [-0.15, -0.1) is 0 Å². The SMILES string of the molecule is COc1cc(C)c(S(=O)(=O)C2CC(COCC(=O)O)CCc3ccccc32)c(C)c1. The van der Waals surface area contributed by atoms with Crippen LogP contribution >= 0.6 is 0 Å². The third-order valence-electron chi connectivity index (χ3n) is 5.68. The fourth-order valence-corrected chi connectivity index (χ4v) is 6.75. The number of methoxy groups -OCH3 is 1. The number of rotatable bonds is 7. The second-order valence-electron chi connectivity index (χ2n) is 7.87. The topological polar surface area (TPSA) is 89.9 Å². The number of hydrogen-bond acceptors (Lipinski definition) is 5. The summed E-state index contributed by atoms with van der Waals surface area (Å²) in [7, 11) is -2.13. The van der Waals surface area contributed by atoms with Gasteiger partial charge in [0.2, 0.25) is 0 Å². The summed E-state index contributed by atoms with van der Waals surface area (Å²) in [6.45, 7) is 3.43. The number of benzene rings is 2. The number of hydrogen-bond donors (Lipinski definition) is 1. The Kier molecular flexibility index (Phi) is 6.83. The number of carbonyl (C=O) groups is 1. The first-order valence-electron chi connectivity index (χ1n) is 10.0. The fraction of sp³-hybridized carbons (Fsp3) is 0.435. The quantitative estimate of drug-likeness (QED) is 0.668. The van der Waals surface area contributed by atoms with Crippen molar-refractivity contribution in [2.45, 2.75) is 43.3 Å². The summed E-state index contributed by atoms with van der Waals surface area (Å²) in [5.41, 5.74) is 3.17. The Bertz CT molecular complexity index is 1000. The number of fused-ring (bicyclic) bond motifs is 1. The first-order chi connectivity index (χ1) is 14.2. The van der Waals surface area contributed by atoms with Gasteiger partial charge in [-0.1, -0.05) is 24.3 Å². The van der Waals surface area contributed by atoms with Gasteiger partial charge in [0.05, 0.1) is 23.9 Å². The summed E-state index contributed by atoms with van der Waals surface area (Å²) in [6, 6.07) is 11.2. The zero-order valence-corrected chi connectivity index (χ0v) is 18.4. The Hall–Kier alpha value is -2.38. The number of carboxylic acid groups (broad SMARTS) is 1. The molecule has 0 amide bonds. The minimum atomic E-state index is -3.69. The molecule has 0 aromatic heterocycles. The van der Waals surface area contributed by atoms with Gasteiger partial charge in [-0.25, -0.2) is 13.2 Å². The normalized spacial score (nSPS) is 19.0. The number of carboxylic acids is 1. The molecule has 162 valence electrons.